The number of rotatable bonds is 6. The van der Waals surface area contributed by atoms with Crippen LogP contribution in [-0.2, 0) is 0 Å². The Morgan fingerprint density at radius 3 is 2.00 bits per heavy atom. The van der Waals surface area contributed by atoms with Gasteiger partial charge < -0.3 is 0 Å². The molecule has 10 heavy (non-hydrogen) atoms. The molecule has 0 rings (SSSR count). The summed E-state index contributed by atoms with van der Waals surface area (Å²) in [7, 11) is -0.222. The Hall–Kier alpha value is 0.217. The van der Waals surface area contributed by atoms with E-state index in [1.807, 2.05) is 0 Å². The predicted octanol–water partition coefficient (Wildman–Crippen LogP) is 3.44. The molecule has 0 aromatic rings. The Balaban J connectivity index is 2.77. The highest BCUT2D eigenvalue weighted by atomic mass is 28.3. The molecule has 0 radical (unpaired) electrons. The van der Waals surface area contributed by atoms with Crippen molar-refractivity contribution >= 4 is 8.80 Å². The van der Waals surface area contributed by atoms with Gasteiger partial charge in [-0.05, 0) is 0 Å². The smallest absolute Gasteiger partial charge is 0.0305 e. The third-order valence-electron chi connectivity index (χ3n) is 1.89. The molecule has 0 aliphatic rings. The summed E-state index contributed by atoms with van der Waals surface area (Å²) in [6.45, 7) is 7.16. The molecule has 0 amide bonds. The predicted molar refractivity (Wildman–Crippen MR) is 52.4 cm³/mol. The van der Waals surface area contributed by atoms with Gasteiger partial charge in [0.05, 0.1) is 0 Å². The van der Waals surface area contributed by atoms with Gasteiger partial charge in [0.1, 0.15) is 0 Å². The quantitative estimate of drug-likeness (QED) is 0.410. The molecule has 0 aromatic carbocycles. The Bertz CT molecular complexity index is 59.7. The monoisotopic (exact) mass is 158 g/mol. The fourth-order valence-corrected chi connectivity index (χ4v) is 2.26. The normalized spacial score (nSPS) is 10.8. The van der Waals surface area contributed by atoms with Crippen molar-refractivity contribution in [1.82, 2.24) is 0 Å². The van der Waals surface area contributed by atoms with Crippen LogP contribution >= 0.6 is 0 Å². The molecule has 0 aromatic heterocycles. The molecule has 0 bridgehead atoms. The first-order valence-electron chi connectivity index (χ1n) is 4.77. The van der Waals surface area contributed by atoms with Crippen molar-refractivity contribution < 1.29 is 0 Å². The largest absolute Gasteiger partial charge is 0.0722 e. The SMILES string of the molecule is CCCCCCC[SiH](C)C. The second-order valence-electron chi connectivity index (χ2n) is 3.60. The van der Waals surface area contributed by atoms with Crippen LogP contribution in [0.4, 0.5) is 0 Å². The topological polar surface area (TPSA) is 0 Å². The molecule has 0 saturated heterocycles. The maximum Gasteiger partial charge on any atom is 0.0305 e. The van der Waals surface area contributed by atoms with E-state index in [0.717, 1.165) is 0 Å². The van der Waals surface area contributed by atoms with E-state index in [1.54, 1.807) is 6.04 Å². The van der Waals surface area contributed by atoms with E-state index in [-0.39, 0.29) is 8.80 Å². The Morgan fingerprint density at radius 2 is 1.50 bits per heavy atom. The van der Waals surface area contributed by atoms with Crippen LogP contribution in [0.1, 0.15) is 39.0 Å². The summed E-state index contributed by atoms with van der Waals surface area (Å²) >= 11 is 0. The van der Waals surface area contributed by atoms with E-state index in [9.17, 15) is 0 Å². The van der Waals surface area contributed by atoms with E-state index in [1.165, 1.54) is 32.1 Å². The molecule has 0 N–H and O–H groups in total. The lowest BCUT2D eigenvalue weighted by Crippen LogP contribution is -1.97. The fraction of sp³-hybridized carbons (Fsp3) is 1.00. The zero-order chi connectivity index (χ0) is 7.82. The van der Waals surface area contributed by atoms with Gasteiger partial charge in [0.2, 0.25) is 0 Å². The third kappa shape index (κ3) is 8.22. The van der Waals surface area contributed by atoms with Gasteiger partial charge in [-0.25, -0.2) is 0 Å². The van der Waals surface area contributed by atoms with Gasteiger partial charge in [0.25, 0.3) is 0 Å². The molecule has 0 fully saturated rings. The molecule has 0 saturated carbocycles. The molecule has 62 valence electrons. The second-order valence-corrected chi connectivity index (χ2v) is 6.96. The zero-order valence-corrected chi connectivity index (χ0v) is 8.97. The van der Waals surface area contributed by atoms with E-state index in [0.29, 0.717) is 0 Å². The van der Waals surface area contributed by atoms with Crippen LogP contribution < -0.4 is 0 Å². The van der Waals surface area contributed by atoms with Crippen molar-refractivity contribution in [3.05, 3.63) is 0 Å². The van der Waals surface area contributed by atoms with Gasteiger partial charge in [0, 0.05) is 8.80 Å². The first-order valence-corrected chi connectivity index (χ1v) is 7.90. The van der Waals surface area contributed by atoms with Gasteiger partial charge in [-0.15, -0.1) is 0 Å². The van der Waals surface area contributed by atoms with E-state index in [2.05, 4.69) is 20.0 Å². The summed E-state index contributed by atoms with van der Waals surface area (Å²) in [6.07, 6.45) is 7.28. The van der Waals surface area contributed by atoms with Crippen molar-refractivity contribution in [3.8, 4) is 0 Å². The molecule has 0 nitrogen and oxygen atoms in total. The molecule has 0 unspecified atom stereocenters. The molecule has 1 heteroatoms. The number of hydrogen-bond acceptors (Lipinski definition) is 0. The van der Waals surface area contributed by atoms with Crippen molar-refractivity contribution in [2.24, 2.45) is 0 Å². The van der Waals surface area contributed by atoms with Crippen LogP contribution in [-0.4, -0.2) is 8.80 Å². The minimum atomic E-state index is -0.222. The van der Waals surface area contributed by atoms with Crippen LogP contribution in [0.15, 0.2) is 0 Å². The average molecular weight is 158 g/mol. The number of unbranched alkanes of at least 4 members (excludes halogenated alkanes) is 4. The highest BCUT2D eigenvalue weighted by molar-refractivity contribution is 6.55. The second kappa shape index (κ2) is 7.33. The van der Waals surface area contributed by atoms with Crippen LogP contribution in [0.5, 0.6) is 0 Å². The highest BCUT2D eigenvalue weighted by Gasteiger charge is 1.94. The van der Waals surface area contributed by atoms with Gasteiger partial charge in [0.15, 0.2) is 0 Å². The van der Waals surface area contributed by atoms with Gasteiger partial charge in [-0.3, -0.25) is 0 Å². The molecular weight excluding hydrogens is 136 g/mol. The maximum atomic E-state index is 2.44. The van der Waals surface area contributed by atoms with E-state index >= 15 is 0 Å². The van der Waals surface area contributed by atoms with E-state index in [4.69, 9.17) is 0 Å². The lowest BCUT2D eigenvalue weighted by Gasteiger charge is -2.01. The van der Waals surface area contributed by atoms with Crippen LogP contribution in [0, 0.1) is 0 Å². The Labute approximate surface area is 67.6 Å². The maximum absolute atomic E-state index is 2.44. The van der Waals surface area contributed by atoms with Crippen LogP contribution in [0.25, 0.3) is 0 Å². The average Bonchev–Trinajstić information content (AvgIpc) is 1.87. The highest BCUT2D eigenvalue weighted by Crippen LogP contribution is 2.06. The Morgan fingerprint density at radius 1 is 0.900 bits per heavy atom. The van der Waals surface area contributed by atoms with Crippen molar-refractivity contribution in [2.45, 2.75) is 58.2 Å². The Kier molecular flexibility index (Phi) is 7.48. The lowest BCUT2D eigenvalue weighted by molar-refractivity contribution is 0.654. The van der Waals surface area contributed by atoms with Crippen molar-refractivity contribution in [1.29, 1.82) is 0 Å². The number of hydrogen-bond donors (Lipinski definition) is 0. The lowest BCUT2D eigenvalue weighted by atomic mass is 10.2. The van der Waals surface area contributed by atoms with Gasteiger partial charge in [-0.1, -0.05) is 58.2 Å². The molecule has 0 heterocycles. The van der Waals surface area contributed by atoms with Crippen molar-refractivity contribution in [3.63, 3.8) is 0 Å². The summed E-state index contributed by atoms with van der Waals surface area (Å²) in [4.78, 5) is 0. The zero-order valence-electron chi connectivity index (χ0n) is 7.82. The first kappa shape index (κ1) is 10.2. The standard InChI is InChI=1S/C9H22Si/c1-4-5-6-7-8-9-10(2)3/h10H,4-9H2,1-3H3. The molecular formula is C9H22Si. The molecule has 0 aliphatic carbocycles. The summed E-state index contributed by atoms with van der Waals surface area (Å²) in [5.74, 6) is 0. The summed E-state index contributed by atoms with van der Waals surface area (Å²) in [5.41, 5.74) is 0. The third-order valence-corrected chi connectivity index (χ3v) is 3.45. The minimum absolute atomic E-state index is 0.222. The minimum Gasteiger partial charge on any atom is -0.0722 e. The van der Waals surface area contributed by atoms with Crippen molar-refractivity contribution in [2.75, 3.05) is 0 Å². The summed E-state index contributed by atoms with van der Waals surface area (Å²) < 4.78 is 0. The van der Waals surface area contributed by atoms with Gasteiger partial charge in [-0.2, -0.15) is 0 Å². The fourth-order valence-electron chi connectivity index (χ4n) is 1.16. The molecule has 0 spiro atoms. The molecule has 0 aliphatic heterocycles. The summed E-state index contributed by atoms with van der Waals surface area (Å²) in [6, 6.07) is 1.56. The van der Waals surface area contributed by atoms with Gasteiger partial charge >= 0.3 is 0 Å². The molecule has 0 atom stereocenters. The van der Waals surface area contributed by atoms with Crippen LogP contribution in [0.3, 0.4) is 0 Å². The summed E-state index contributed by atoms with van der Waals surface area (Å²) in [5, 5.41) is 0. The van der Waals surface area contributed by atoms with E-state index < -0.39 is 0 Å². The van der Waals surface area contributed by atoms with Crippen LogP contribution in [0.2, 0.25) is 19.1 Å². The first-order chi connectivity index (χ1) is 4.77.